The molecule has 1 rings (SSSR count). The van der Waals surface area contributed by atoms with Crippen molar-refractivity contribution in [2.45, 2.75) is 12.8 Å². The van der Waals surface area contributed by atoms with E-state index in [-0.39, 0.29) is 24.3 Å². The highest BCUT2D eigenvalue weighted by Crippen LogP contribution is 2.09. The highest BCUT2D eigenvalue weighted by atomic mass is 32.2. The Labute approximate surface area is 125 Å². The standard InChI is InChI=1S/C12H16O7S2/c13-12(19-11-6-2-1-3-7-11)10-18-21(16,17)9-5-4-8-20(14)15/h1-3,6-7H,4-5,8-10H2,(H,14,15). The zero-order valence-electron chi connectivity index (χ0n) is 11.1. The molecule has 0 aliphatic carbocycles. The van der Waals surface area contributed by atoms with E-state index in [1.807, 2.05) is 0 Å². The van der Waals surface area contributed by atoms with Crippen LogP contribution in [0.2, 0.25) is 0 Å². The Kier molecular flexibility index (Phi) is 7.51. The Hall–Kier alpha value is -1.29. The van der Waals surface area contributed by atoms with Crippen LogP contribution in [-0.2, 0) is 30.2 Å². The number of para-hydroxylation sites is 1. The summed E-state index contributed by atoms with van der Waals surface area (Å²) in [7, 11) is -3.85. The van der Waals surface area contributed by atoms with Gasteiger partial charge in [0.15, 0.2) is 17.7 Å². The third-order valence-electron chi connectivity index (χ3n) is 2.29. The summed E-state index contributed by atoms with van der Waals surface area (Å²) in [6, 6.07) is 8.21. The number of hydrogen-bond acceptors (Lipinski definition) is 6. The smallest absolute Gasteiger partial charge is 0.339 e. The van der Waals surface area contributed by atoms with Gasteiger partial charge in [-0.25, -0.2) is 9.00 Å². The SMILES string of the molecule is O=C(COS(=O)(=O)CCCCS(=O)O)Oc1ccccc1. The summed E-state index contributed by atoms with van der Waals surface area (Å²) < 4.78 is 51.2. The monoisotopic (exact) mass is 336 g/mol. The fraction of sp³-hybridized carbons (Fsp3) is 0.417. The Morgan fingerprint density at radius 1 is 1.19 bits per heavy atom. The number of benzene rings is 1. The summed E-state index contributed by atoms with van der Waals surface area (Å²) >= 11 is -1.94. The van der Waals surface area contributed by atoms with Crippen LogP contribution in [0.4, 0.5) is 0 Å². The predicted octanol–water partition coefficient (Wildman–Crippen LogP) is 0.940. The van der Waals surface area contributed by atoms with Gasteiger partial charge in [0.25, 0.3) is 10.1 Å². The normalized spacial score (nSPS) is 12.8. The minimum atomic E-state index is -3.85. The average molecular weight is 336 g/mol. The van der Waals surface area contributed by atoms with Crippen LogP contribution in [0.15, 0.2) is 30.3 Å². The lowest BCUT2D eigenvalue weighted by atomic mass is 10.3. The molecule has 21 heavy (non-hydrogen) atoms. The predicted molar refractivity (Wildman–Crippen MR) is 76.7 cm³/mol. The molecule has 0 radical (unpaired) electrons. The van der Waals surface area contributed by atoms with Gasteiger partial charge in [-0.2, -0.15) is 8.42 Å². The van der Waals surface area contributed by atoms with Crippen molar-refractivity contribution in [1.82, 2.24) is 0 Å². The van der Waals surface area contributed by atoms with E-state index in [0.29, 0.717) is 5.75 Å². The van der Waals surface area contributed by atoms with Crippen molar-refractivity contribution in [3.05, 3.63) is 30.3 Å². The van der Waals surface area contributed by atoms with Crippen LogP contribution in [0.1, 0.15) is 12.8 Å². The van der Waals surface area contributed by atoms with E-state index in [2.05, 4.69) is 4.18 Å². The van der Waals surface area contributed by atoms with Crippen LogP contribution in [0, 0.1) is 0 Å². The topological polar surface area (TPSA) is 107 Å². The van der Waals surface area contributed by atoms with E-state index in [4.69, 9.17) is 9.29 Å². The molecule has 1 aromatic rings. The minimum Gasteiger partial charge on any atom is -0.425 e. The molecule has 1 N–H and O–H groups in total. The van der Waals surface area contributed by atoms with Gasteiger partial charge in [-0.15, -0.1) is 0 Å². The third-order valence-corrected chi connectivity index (χ3v) is 4.20. The second-order valence-electron chi connectivity index (χ2n) is 4.04. The van der Waals surface area contributed by atoms with Crippen molar-refractivity contribution in [2.24, 2.45) is 0 Å². The molecule has 0 amide bonds. The molecule has 0 fully saturated rings. The first-order valence-electron chi connectivity index (χ1n) is 6.09. The number of carbonyl (C=O) groups is 1. The Morgan fingerprint density at radius 2 is 1.86 bits per heavy atom. The third kappa shape index (κ3) is 8.56. The first kappa shape index (κ1) is 17.8. The van der Waals surface area contributed by atoms with Gasteiger partial charge in [-0.05, 0) is 25.0 Å². The van der Waals surface area contributed by atoms with E-state index in [0.717, 1.165) is 0 Å². The highest BCUT2D eigenvalue weighted by molar-refractivity contribution is 7.86. The van der Waals surface area contributed by atoms with Crippen molar-refractivity contribution >= 4 is 27.2 Å². The van der Waals surface area contributed by atoms with Gasteiger partial charge in [0.05, 0.1) is 5.75 Å². The molecule has 1 unspecified atom stereocenters. The molecule has 1 aromatic carbocycles. The van der Waals surface area contributed by atoms with Crippen LogP contribution in [0.25, 0.3) is 0 Å². The summed E-state index contributed by atoms with van der Waals surface area (Å²) in [6.07, 6.45) is 0.461. The number of esters is 1. The number of ether oxygens (including phenoxy) is 1. The van der Waals surface area contributed by atoms with Gasteiger partial charge in [0.2, 0.25) is 0 Å². The van der Waals surface area contributed by atoms with Crippen LogP contribution in [-0.4, -0.2) is 41.3 Å². The van der Waals surface area contributed by atoms with Crippen LogP contribution < -0.4 is 4.74 Å². The van der Waals surface area contributed by atoms with Gasteiger partial charge >= 0.3 is 5.97 Å². The van der Waals surface area contributed by atoms with Crippen molar-refractivity contribution < 1.29 is 30.9 Å². The summed E-state index contributed by atoms with van der Waals surface area (Å²) in [5.74, 6) is -0.829. The molecule has 0 saturated heterocycles. The van der Waals surface area contributed by atoms with E-state index in [1.54, 1.807) is 30.3 Å². The first-order chi connectivity index (χ1) is 9.89. The quantitative estimate of drug-likeness (QED) is 0.235. The zero-order chi connectivity index (χ0) is 15.7. The lowest BCUT2D eigenvalue weighted by Crippen LogP contribution is -2.20. The zero-order valence-corrected chi connectivity index (χ0v) is 12.8. The van der Waals surface area contributed by atoms with E-state index >= 15 is 0 Å². The maximum Gasteiger partial charge on any atom is 0.339 e. The molecule has 0 aliphatic heterocycles. The number of unbranched alkanes of at least 4 members (excludes halogenated alkanes) is 1. The van der Waals surface area contributed by atoms with Crippen molar-refractivity contribution in [3.8, 4) is 5.75 Å². The first-order valence-corrected chi connectivity index (χ1v) is 8.95. The number of rotatable bonds is 9. The van der Waals surface area contributed by atoms with E-state index in [1.165, 1.54) is 0 Å². The summed E-state index contributed by atoms with van der Waals surface area (Å²) in [5.41, 5.74) is 0. The summed E-state index contributed by atoms with van der Waals surface area (Å²) in [6.45, 7) is -0.705. The Morgan fingerprint density at radius 3 is 2.48 bits per heavy atom. The number of hydrogen-bond donors (Lipinski definition) is 1. The van der Waals surface area contributed by atoms with Gasteiger partial charge < -0.3 is 9.29 Å². The molecule has 9 heteroatoms. The molecule has 0 saturated carbocycles. The molecule has 0 bridgehead atoms. The molecular formula is C12H16O7S2. The summed E-state index contributed by atoms with van der Waals surface area (Å²) in [5, 5.41) is 0. The molecule has 7 nitrogen and oxygen atoms in total. The minimum absolute atomic E-state index is 0.00552. The van der Waals surface area contributed by atoms with Crippen molar-refractivity contribution in [3.63, 3.8) is 0 Å². The average Bonchev–Trinajstić information content (AvgIpc) is 2.43. The van der Waals surface area contributed by atoms with Crippen LogP contribution in [0.3, 0.4) is 0 Å². The van der Waals surface area contributed by atoms with Crippen LogP contribution in [0.5, 0.6) is 5.75 Å². The largest absolute Gasteiger partial charge is 0.425 e. The van der Waals surface area contributed by atoms with E-state index < -0.39 is 33.8 Å². The second-order valence-corrected chi connectivity index (χ2v) is 6.85. The Balaban J connectivity index is 2.29. The fourth-order valence-electron chi connectivity index (χ4n) is 1.35. The molecule has 0 heterocycles. The maximum atomic E-state index is 11.5. The second kappa shape index (κ2) is 8.88. The van der Waals surface area contributed by atoms with E-state index in [9.17, 15) is 17.4 Å². The lowest BCUT2D eigenvalue weighted by Gasteiger charge is -2.06. The van der Waals surface area contributed by atoms with Crippen molar-refractivity contribution in [2.75, 3.05) is 18.1 Å². The van der Waals surface area contributed by atoms with Crippen molar-refractivity contribution in [1.29, 1.82) is 0 Å². The molecule has 0 aromatic heterocycles. The molecule has 0 aliphatic rings. The fourth-order valence-corrected chi connectivity index (χ4v) is 2.75. The molecule has 1 atom stereocenters. The van der Waals surface area contributed by atoms with Gasteiger partial charge in [-0.1, -0.05) is 18.2 Å². The Bertz CT molecular complexity index is 569. The lowest BCUT2D eigenvalue weighted by molar-refractivity contribution is -0.136. The van der Waals surface area contributed by atoms with Crippen LogP contribution >= 0.6 is 0 Å². The molecular weight excluding hydrogens is 320 g/mol. The maximum absolute atomic E-state index is 11.5. The van der Waals surface area contributed by atoms with Gasteiger partial charge in [-0.3, -0.25) is 4.18 Å². The van der Waals surface area contributed by atoms with Gasteiger partial charge in [0.1, 0.15) is 5.75 Å². The van der Waals surface area contributed by atoms with Gasteiger partial charge in [0, 0.05) is 5.75 Å². The molecule has 0 spiro atoms. The molecule has 118 valence electrons. The summed E-state index contributed by atoms with van der Waals surface area (Å²) in [4.78, 5) is 11.4. The highest BCUT2D eigenvalue weighted by Gasteiger charge is 2.15. The number of carbonyl (C=O) groups excluding carboxylic acids is 1.